The van der Waals surface area contributed by atoms with E-state index in [-0.39, 0.29) is 19.8 Å². The highest BCUT2D eigenvalue weighted by atomic mass is 16.6. The molecule has 0 unspecified atom stereocenters. The number of allylic oxidation sites excluding steroid dienone is 1. The lowest BCUT2D eigenvalue weighted by atomic mass is 9.88. The van der Waals surface area contributed by atoms with E-state index in [1.165, 1.54) is 0 Å². The maximum absolute atomic E-state index is 8.66. The van der Waals surface area contributed by atoms with E-state index in [0.29, 0.717) is 13.2 Å². The molecule has 0 radical (unpaired) electrons. The highest BCUT2D eigenvalue weighted by Crippen LogP contribution is 2.18. The standard InChI is InChI=1S/C6H14O3.C3H8O2.C3H6/c1-2-6(3-7,4-8)5-9;1-4-3-5-2;1-3-2/h7-9H,2-5H2,1H3;3H2,1-2H3;3H,1H2,2H3. The molecule has 5 heteroatoms. The number of rotatable bonds is 6. The summed E-state index contributed by atoms with van der Waals surface area (Å²) in [6.45, 7) is 6.99. The first kappa shape index (κ1) is 21.8. The normalized spacial score (nSPS) is 9.59. The van der Waals surface area contributed by atoms with E-state index in [9.17, 15) is 0 Å². The van der Waals surface area contributed by atoms with Crippen molar-refractivity contribution >= 4 is 0 Å². The molecule has 0 atom stereocenters. The molecule has 0 spiro atoms. The predicted octanol–water partition coefficient (Wildman–Crippen LogP) is 0.789. The Hall–Kier alpha value is -0.460. The van der Waals surface area contributed by atoms with Crippen LogP contribution in [0.25, 0.3) is 0 Å². The van der Waals surface area contributed by atoms with Gasteiger partial charge in [-0.1, -0.05) is 13.0 Å². The number of methoxy groups -OCH3 is 2. The molecule has 0 saturated heterocycles. The monoisotopic (exact) mass is 252 g/mol. The Bertz CT molecular complexity index is 115. The van der Waals surface area contributed by atoms with E-state index in [4.69, 9.17) is 15.3 Å². The van der Waals surface area contributed by atoms with Crippen molar-refractivity contribution in [3.05, 3.63) is 12.7 Å². The molecule has 0 aliphatic carbocycles. The molecule has 5 nitrogen and oxygen atoms in total. The van der Waals surface area contributed by atoms with E-state index in [0.717, 1.165) is 0 Å². The van der Waals surface area contributed by atoms with Gasteiger partial charge in [-0.25, -0.2) is 0 Å². The number of hydrogen-bond acceptors (Lipinski definition) is 5. The number of aliphatic hydroxyl groups excluding tert-OH is 3. The maximum atomic E-state index is 8.66. The third-order valence-corrected chi connectivity index (χ3v) is 1.99. The minimum absolute atomic E-state index is 0.156. The molecule has 0 bridgehead atoms. The van der Waals surface area contributed by atoms with Gasteiger partial charge >= 0.3 is 0 Å². The van der Waals surface area contributed by atoms with Crippen LogP contribution in [-0.2, 0) is 9.47 Å². The molecule has 0 heterocycles. The number of aliphatic hydroxyl groups is 3. The second-order valence-electron chi connectivity index (χ2n) is 3.43. The first-order valence-corrected chi connectivity index (χ1v) is 5.45. The van der Waals surface area contributed by atoms with Crippen molar-refractivity contribution in [1.29, 1.82) is 0 Å². The van der Waals surface area contributed by atoms with Gasteiger partial charge in [0.15, 0.2) is 0 Å². The van der Waals surface area contributed by atoms with Crippen molar-refractivity contribution in [2.45, 2.75) is 20.3 Å². The molecule has 0 amide bonds. The van der Waals surface area contributed by atoms with Crippen molar-refractivity contribution in [2.75, 3.05) is 40.8 Å². The zero-order chi connectivity index (χ0) is 14.2. The van der Waals surface area contributed by atoms with Crippen LogP contribution in [0.15, 0.2) is 12.7 Å². The van der Waals surface area contributed by atoms with Crippen molar-refractivity contribution < 1.29 is 24.8 Å². The molecule has 3 N–H and O–H groups in total. The highest BCUT2D eigenvalue weighted by Gasteiger charge is 2.24. The molecular formula is C12H28O5. The van der Waals surface area contributed by atoms with Crippen LogP contribution < -0.4 is 0 Å². The van der Waals surface area contributed by atoms with Crippen LogP contribution in [0.3, 0.4) is 0 Å². The van der Waals surface area contributed by atoms with Crippen molar-refractivity contribution in [3.8, 4) is 0 Å². The molecule has 106 valence electrons. The summed E-state index contributed by atoms with van der Waals surface area (Å²) in [5.41, 5.74) is -0.667. The molecule has 0 aromatic heterocycles. The second kappa shape index (κ2) is 17.9. The summed E-state index contributed by atoms with van der Waals surface area (Å²) in [6.07, 6.45) is 2.34. The van der Waals surface area contributed by atoms with Crippen molar-refractivity contribution in [3.63, 3.8) is 0 Å². The van der Waals surface area contributed by atoms with Crippen LogP contribution in [0.5, 0.6) is 0 Å². The summed E-state index contributed by atoms with van der Waals surface area (Å²) in [7, 11) is 3.17. The first-order valence-electron chi connectivity index (χ1n) is 5.45. The molecule has 0 aromatic carbocycles. The van der Waals surface area contributed by atoms with Gasteiger partial charge in [-0.15, -0.1) is 6.58 Å². The smallest absolute Gasteiger partial charge is 0.145 e. The largest absolute Gasteiger partial charge is 0.396 e. The summed E-state index contributed by atoms with van der Waals surface area (Å²) in [4.78, 5) is 0. The average molecular weight is 252 g/mol. The van der Waals surface area contributed by atoms with Crippen molar-refractivity contribution in [2.24, 2.45) is 5.41 Å². The van der Waals surface area contributed by atoms with Gasteiger partial charge in [-0.3, -0.25) is 0 Å². The predicted molar refractivity (Wildman–Crippen MR) is 68.7 cm³/mol. The molecule has 17 heavy (non-hydrogen) atoms. The summed E-state index contributed by atoms with van der Waals surface area (Å²) in [6, 6.07) is 0. The Kier molecular flexibility index (Phi) is 23.0. The number of ether oxygens (including phenoxy) is 2. The Morgan fingerprint density at radius 1 is 1.06 bits per heavy atom. The molecule has 0 fully saturated rings. The quantitative estimate of drug-likeness (QED) is 0.481. The van der Waals surface area contributed by atoms with Gasteiger partial charge in [0.05, 0.1) is 19.8 Å². The van der Waals surface area contributed by atoms with Gasteiger partial charge < -0.3 is 24.8 Å². The third-order valence-electron chi connectivity index (χ3n) is 1.99. The average Bonchev–Trinajstić information content (AvgIpc) is 2.36. The van der Waals surface area contributed by atoms with Crippen LogP contribution in [0, 0.1) is 5.41 Å². The zero-order valence-electron chi connectivity index (χ0n) is 11.5. The fourth-order valence-corrected chi connectivity index (χ4v) is 0.603. The van der Waals surface area contributed by atoms with Gasteiger partial charge in [0, 0.05) is 19.6 Å². The Morgan fingerprint density at radius 2 is 1.35 bits per heavy atom. The van der Waals surface area contributed by atoms with E-state index in [1.54, 1.807) is 20.3 Å². The van der Waals surface area contributed by atoms with Crippen LogP contribution in [0.1, 0.15) is 20.3 Å². The van der Waals surface area contributed by atoms with Gasteiger partial charge in [-0.2, -0.15) is 0 Å². The van der Waals surface area contributed by atoms with Gasteiger partial charge in [0.2, 0.25) is 0 Å². The lowest BCUT2D eigenvalue weighted by Crippen LogP contribution is -2.32. The van der Waals surface area contributed by atoms with Crippen LogP contribution in [0.4, 0.5) is 0 Å². The summed E-state index contributed by atoms with van der Waals surface area (Å²) >= 11 is 0. The Balaban J connectivity index is -0.000000207. The number of hydrogen-bond donors (Lipinski definition) is 3. The minimum Gasteiger partial charge on any atom is -0.396 e. The first-order chi connectivity index (χ1) is 8.07. The van der Waals surface area contributed by atoms with Crippen molar-refractivity contribution in [1.82, 2.24) is 0 Å². The molecule has 0 aliphatic rings. The SMILES string of the molecule is C=CC.CCC(CO)(CO)CO.COCOC. The van der Waals surface area contributed by atoms with Gasteiger partial charge in [-0.05, 0) is 13.3 Å². The maximum Gasteiger partial charge on any atom is 0.145 e. The van der Waals surface area contributed by atoms with E-state index in [2.05, 4.69) is 16.1 Å². The topological polar surface area (TPSA) is 79.2 Å². The van der Waals surface area contributed by atoms with Gasteiger partial charge in [0.1, 0.15) is 6.79 Å². The minimum atomic E-state index is -0.667. The molecule has 0 aliphatic heterocycles. The Labute approximate surface area is 105 Å². The molecular weight excluding hydrogens is 224 g/mol. The molecule has 0 rings (SSSR count). The lowest BCUT2D eigenvalue weighted by Gasteiger charge is -2.24. The van der Waals surface area contributed by atoms with Crippen LogP contribution in [-0.4, -0.2) is 56.2 Å². The summed E-state index contributed by atoms with van der Waals surface area (Å²) in [5, 5.41) is 26.0. The third kappa shape index (κ3) is 15.5. The summed E-state index contributed by atoms with van der Waals surface area (Å²) in [5.74, 6) is 0. The molecule has 0 saturated carbocycles. The molecule has 0 aromatic rings. The highest BCUT2D eigenvalue weighted by molar-refractivity contribution is 4.74. The van der Waals surface area contributed by atoms with Crippen LogP contribution >= 0.6 is 0 Å². The fourth-order valence-electron chi connectivity index (χ4n) is 0.603. The lowest BCUT2D eigenvalue weighted by molar-refractivity contribution is -0.00272. The van der Waals surface area contributed by atoms with E-state index < -0.39 is 5.41 Å². The fraction of sp³-hybridized carbons (Fsp3) is 0.833. The van der Waals surface area contributed by atoms with Crippen LogP contribution in [0.2, 0.25) is 0 Å². The Morgan fingerprint density at radius 3 is 1.35 bits per heavy atom. The van der Waals surface area contributed by atoms with Gasteiger partial charge in [0.25, 0.3) is 0 Å². The zero-order valence-corrected chi connectivity index (χ0v) is 11.5. The van der Waals surface area contributed by atoms with E-state index >= 15 is 0 Å². The van der Waals surface area contributed by atoms with E-state index in [1.807, 2.05) is 13.8 Å². The summed E-state index contributed by atoms with van der Waals surface area (Å²) < 4.78 is 8.94. The second-order valence-corrected chi connectivity index (χ2v) is 3.43.